The molecule has 5 nitrogen and oxygen atoms in total. The van der Waals surface area contributed by atoms with Gasteiger partial charge in [0.15, 0.2) is 14.9 Å². The normalized spacial score (nSPS) is 11.6. The molecule has 0 radical (unpaired) electrons. The summed E-state index contributed by atoms with van der Waals surface area (Å²) in [6.07, 6.45) is 1.09. The van der Waals surface area contributed by atoms with E-state index in [0.29, 0.717) is 5.69 Å². The molecule has 2 aromatic heterocycles. The van der Waals surface area contributed by atoms with E-state index in [-0.39, 0.29) is 11.0 Å². The van der Waals surface area contributed by atoms with Crippen molar-refractivity contribution >= 4 is 27.1 Å². The highest BCUT2D eigenvalue weighted by Gasteiger charge is 2.13. The predicted molar refractivity (Wildman–Crippen MR) is 62.9 cm³/mol. The van der Waals surface area contributed by atoms with Crippen molar-refractivity contribution in [3.05, 3.63) is 23.6 Å². The van der Waals surface area contributed by atoms with Gasteiger partial charge in [-0.3, -0.25) is 0 Å². The predicted octanol–water partition coefficient (Wildman–Crippen LogP) is 1.19. The number of sulfone groups is 1. The number of aromatic nitrogens is 2. The van der Waals surface area contributed by atoms with Crippen molar-refractivity contribution in [3.63, 3.8) is 0 Å². The lowest BCUT2D eigenvalue weighted by molar-refractivity contribution is 0.598. The van der Waals surface area contributed by atoms with E-state index in [1.165, 1.54) is 17.4 Å². The van der Waals surface area contributed by atoms with Gasteiger partial charge in [-0.15, -0.1) is 11.3 Å². The fraction of sp³-hybridized carbons (Fsp3) is 0.111. The molecule has 0 spiro atoms. The second-order valence-corrected chi connectivity index (χ2v) is 6.11. The molecule has 16 heavy (non-hydrogen) atoms. The van der Waals surface area contributed by atoms with Gasteiger partial charge < -0.3 is 5.73 Å². The molecule has 7 heteroatoms. The van der Waals surface area contributed by atoms with Crippen LogP contribution in [0.25, 0.3) is 10.6 Å². The third-order valence-corrected chi connectivity index (χ3v) is 3.73. The SMILES string of the molecule is CS(=O)(=O)c1cc(-c2cccs2)nc(N)n1. The molecule has 0 aromatic carbocycles. The Balaban J connectivity index is 2.62. The van der Waals surface area contributed by atoms with Crippen molar-refractivity contribution in [1.29, 1.82) is 0 Å². The van der Waals surface area contributed by atoms with Crippen LogP contribution in [0.3, 0.4) is 0 Å². The highest BCUT2D eigenvalue weighted by molar-refractivity contribution is 7.90. The Morgan fingerprint density at radius 1 is 1.38 bits per heavy atom. The van der Waals surface area contributed by atoms with Gasteiger partial charge in [0.25, 0.3) is 0 Å². The maximum atomic E-state index is 11.4. The van der Waals surface area contributed by atoms with Gasteiger partial charge in [-0.05, 0) is 11.4 Å². The van der Waals surface area contributed by atoms with Crippen molar-refractivity contribution in [3.8, 4) is 10.6 Å². The van der Waals surface area contributed by atoms with Crippen LogP contribution in [0.4, 0.5) is 5.95 Å². The lowest BCUT2D eigenvalue weighted by Gasteiger charge is -2.02. The number of hydrogen-bond donors (Lipinski definition) is 1. The molecule has 0 saturated carbocycles. The van der Waals surface area contributed by atoms with Gasteiger partial charge >= 0.3 is 0 Å². The molecule has 0 atom stereocenters. The number of nitrogen functional groups attached to an aromatic ring is 1. The van der Waals surface area contributed by atoms with Crippen LogP contribution in [0.15, 0.2) is 28.6 Å². The summed E-state index contributed by atoms with van der Waals surface area (Å²) < 4.78 is 22.7. The minimum atomic E-state index is -3.37. The summed E-state index contributed by atoms with van der Waals surface area (Å²) in [5.74, 6) is -0.0358. The summed E-state index contributed by atoms with van der Waals surface area (Å²) in [6.45, 7) is 0. The Labute approximate surface area is 96.9 Å². The van der Waals surface area contributed by atoms with E-state index < -0.39 is 9.84 Å². The summed E-state index contributed by atoms with van der Waals surface area (Å²) >= 11 is 1.46. The van der Waals surface area contributed by atoms with E-state index in [2.05, 4.69) is 9.97 Å². The van der Waals surface area contributed by atoms with E-state index in [1.54, 1.807) is 0 Å². The van der Waals surface area contributed by atoms with Gasteiger partial charge in [-0.2, -0.15) is 0 Å². The van der Waals surface area contributed by atoms with Gasteiger partial charge in [0.05, 0.1) is 10.6 Å². The van der Waals surface area contributed by atoms with Gasteiger partial charge in [0, 0.05) is 12.3 Å². The molecular formula is C9H9N3O2S2. The third-order valence-electron chi connectivity index (χ3n) is 1.87. The second kappa shape index (κ2) is 3.84. The summed E-state index contributed by atoms with van der Waals surface area (Å²) in [5, 5.41) is 1.83. The average molecular weight is 255 g/mol. The van der Waals surface area contributed by atoms with Crippen LogP contribution in [0.2, 0.25) is 0 Å². The lowest BCUT2D eigenvalue weighted by atomic mass is 10.3. The number of anilines is 1. The van der Waals surface area contributed by atoms with Gasteiger partial charge in [-0.25, -0.2) is 18.4 Å². The van der Waals surface area contributed by atoms with Crippen LogP contribution in [-0.4, -0.2) is 24.6 Å². The standard InChI is InChI=1S/C9H9N3O2S2/c1-16(13,14)8-5-6(11-9(10)12-8)7-3-2-4-15-7/h2-5H,1H3,(H2,10,11,12). The number of thiophene rings is 1. The largest absolute Gasteiger partial charge is 0.368 e. The molecule has 0 aliphatic carbocycles. The van der Waals surface area contributed by atoms with E-state index in [0.717, 1.165) is 11.1 Å². The van der Waals surface area contributed by atoms with Crippen LogP contribution in [0, 0.1) is 0 Å². The lowest BCUT2D eigenvalue weighted by Crippen LogP contribution is -2.05. The summed E-state index contributed by atoms with van der Waals surface area (Å²) in [5.41, 5.74) is 6.01. The van der Waals surface area contributed by atoms with Gasteiger partial charge in [0.2, 0.25) is 5.95 Å². The number of hydrogen-bond acceptors (Lipinski definition) is 6. The third kappa shape index (κ3) is 2.20. The maximum Gasteiger partial charge on any atom is 0.221 e. The topological polar surface area (TPSA) is 85.9 Å². The summed E-state index contributed by atoms with van der Waals surface area (Å²) in [6, 6.07) is 5.13. The molecule has 0 amide bonds. The van der Waals surface area contributed by atoms with E-state index in [9.17, 15) is 8.42 Å². The van der Waals surface area contributed by atoms with Crippen LogP contribution in [0.5, 0.6) is 0 Å². The molecule has 84 valence electrons. The second-order valence-electron chi connectivity index (χ2n) is 3.20. The van der Waals surface area contributed by atoms with Crippen LogP contribution < -0.4 is 5.73 Å². The van der Waals surface area contributed by atoms with E-state index >= 15 is 0 Å². The molecule has 2 heterocycles. The first-order valence-corrected chi connectivity index (χ1v) is 7.12. The first-order valence-electron chi connectivity index (χ1n) is 4.35. The van der Waals surface area contributed by atoms with Crippen molar-refractivity contribution in [2.75, 3.05) is 12.0 Å². The summed E-state index contributed by atoms with van der Waals surface area (Å²) in [7, 11) is -3.37. The molecule has 0 fully saturated rings. The minimum absolute atomic E-state index is 0.0358. The Morgan fingerprint density at radius 3 is 2.69 bits per heavy atom. The van der Waals surface area contributed by atoms with Crippen molar-refractivity contribution in [2.24, 2.45) is 0 Å². The summed E-state index contributed by atoms with van der Waals surface area (Å²) in [4.78, 5) is 8.56. The number of rotatable bonds is 2. The highest BCUT2D eigenvalue weighted by atomic mass is 32.2. The monoisotopic (exact) mass is 255 g/mol. The maximum absolute atomic E-state index is 11.4. The smallest absolute Gasteiger partial charge is 0.221 e. The molecule has 0 aliphatic rings. The van der Waals surface area contributed by atoms with Gasteiger partial charge in [-0.1, -0.05) is 6.07 Å². The Bertz CT molecular complexity index is 606. The van der Waals surface area contributed by atoms with Crippen LogP contribution in [0.1, 0.15) is 0 Å². The number of nitrogens with two attached hydrogens (primary N) is 1. The zero-order valence-corrected chi connectivity index (χ0v) is 10.0. The molecule has 0 bridgehead atoms. The number of nitrogens with zero attached hydrogens (tertiary/aromatic N) is 2. The molecule has 0 saturated heterocycles. The highest BCUT2D eigenvalue weighted by Crippen LogP contribution is 2.24. The van der Waals surface area contributed by atoms with Crippen LogP contribution >= 0.6 is 11.3 Å². The van der Waals surface area contributed by atoms with Crippen molar-refractivity contribution < 1.29 is 8.42 Å². The fourth-order valence-electron chi connectivity index (χ4n) is 1.18. The fourth-order valence-corrected chi connectivity index (χ4v) is 2.45. The Hall–Kier alpha value is -1.47. The average Bonchev–Trinajstić information content (AvgIpc) is 2.68. The molecule has 0 unspecified atom stereocenters. The molecular weight excluding hydrogens is 246 g/mol. The Kier molecular flexibility index (Phi) is 2.64. The Morgan fingerprint density at radius 2 is 2.12 bits per heavy atom. The van der Waals surface area contributed by atoms with Crippen molar-refractivity contribution in [1.82, 2.24) is 9.97 Å². The van der Waals surface area contributed by atoms with Crippen LogP contribution in [-0.2, 0) is 9.84 Å². The zero-order chi connectivity index (χ0) is 11.8. The molecule has 2 aromatic rings. The quantitative estimate of drug-likeness (QED) is 0.815. The molecule has 2 rings (SSSR count). The minimum Gasteiger partial charge on any atom is -0.368 e. The molecule has 0 aliphatic heterocycles. The zero-order valence-electron chi connectivity index (χ0n) is 8.41. The van der Waals surface area contributed by atoms with Crippen molar-refractivity contribution in [2.45, 2.75) is 5.03 Å². The van der Waals surface area contributed by atoms with Gasteiger partial charge in [0.1, 0.15) is 0 Å². The first kappa shape index (κ1) is 11.0. The first-order chi connectivity index (χ1) is 7.47. The molecule has 2 N–H and O–H groups in total. The van der Waals surface area contributed by atoms with E-state index in [1.807, 2.05) is 17.5 Å². The van der Waals surface area contributed by atoms with E-state index in [4.69, 9.17) is 5.73 Å².